The summed E-state index contributed by atoms with van der Waals surface area (Å²) >= 11 is 0. The van der Waals surface area contributed by atoms with Gasteiger partial charge in [0.15, 0.2) is 0 Å². The van der Waals surface area contributed by atoms with Crippen molar-refractivity contribution in [3.05, 3.63) is 209 Å². The molecule has 7 atom stereocenters. The Hall–Kier alpha value is -6.26. The predicted molar refractivity (Wildman–Crippen MR) is 261 cm³/mol. The highest BCUT2D eigenvalue weighted by Crippen LogP contribution is 2.77. The molecule has 2 heterocycles. The van der Waals surface area contributed by atoms with Crippen molar-refractivity contribution in [2.75, 3.05) is 0 Å². The maximum Gasteiger partial charge on any atom is 0.279 e. The standard InChI is InChI=1S/C63H48N2O2/c66-59-55-57(47-25-43-33-18-31-17-32(19-33)21-34(20-31)45(43)27-53(47)62(55)49-13-5-1-9-39(49)40-10-2-6-14-50(40)62)64-58-48-26-44-35-22-37-24-38-23-36(30-61(37,38)29-35)46(44)28-54(48)63(56(58)60(67)65(59)64)51-15-7-3-11-41(51)42-12-4-8-16-52(42)63/h1-16,25-28,31-38H,17-24,29-30H2. The average Bonchev–Trinajstić information content (AvgIpc) is 4.20. The SMILES string of the molecule is O=c1c2c(n3c4c(c(=O)n13)C1(c3ccccc3-c3ccccc31)c1cc3c(cc1-4)C1CC4CC5CC3CC45C1)-c1cc3c(cc1C21c2ccccc2-c2ccccc21)C1CC2CC(CC3C2)C1. The molecule has 4 nitrogen and oxygen atoms in total. The van der Waals surface area contributed by atoms with E-state index in [0.717, 1.165) is 51.7 Å². The molecular formula is C63H48N2O2. The Morgan fingerprint density at radius 2 is 0.761 bits per heavy atom. The van der Waals surface area contributed by atoms with Crippen LogP contribution in [-0.2, 0) is 10.8 Å². The third kappa shape index (κ3) is 3.47. The first-order valence-electron chi connectivity index (χ1n) is 25.9. The predicted octanol–water partition coefficient (Wildman–Crippen LogP) is 12.7. The minimum absolute atomic E-state index is 0.156. The van der Waals surface area contributed by atoms with E-state index in [9.17, 15) is 0 Å². The molecule has 12 aliphatic rings. The van der Waals surface area contributed by atoms with Crippen LogP contribution in [-0.4, -0.2) is 9.03 Å². The molecule has 0 saturated heterocycles. The van der Waals surface area contributed by atoms with E-state index >= 15 is 9.59 Å². The zero-order valence-corrected chi connectivity index (χ0v) is 37.4. The van der Waals surface area contributed by atoms with Gasteiger partial charge < -0.3 is 0 Å². The highest BCUT2D eigenvalue weighted by atomic mass is 16.2. The third-order valence-electron chi connectivity index (χ3n) is 21.8. The number of fused-ring (bicyclic) bond motifs is 28. The first kappa shape index (κ1) is 35.0. The highest BCUT2D eigenvalue weighted by Gasteiger charge is 2.67. The summed E-state index contributed by atoms with van der Waals surface area (Å²) in [6, 6.07) is 46.0. The molecule has 7 unspecified atom stereocenters. The van der Waals surface area contributed by atoms with Crippen LogP contribution in [0.15, 0.2) is 131 Å². The van der Waals surface area contributed by atoms with Crippen LogP contribution >= 0.6 is 0 Å². The summed E-state index contributed by atoms with van der Waals surface area (Å²) in [5, 5.41) is 0. The normalized spacial score (nSPS) is 31.1. The Morgan fingerprint density at radius 3 is 1.21 bits per heavy atom. The summed E-state index contributed by atoms with van der Waals surface area (Å²) in [7, 11) is 0. The van der Waals surface area contributed by atoms with Crippen LogP contribution in [0.1, 0.15) is 155 Å². The van der Waals surface area contributed by atoms with Crippen molar-refractivity contribution >= 4 is 0 Å². The van der Waals surface area contributed by atoms with E-state index in [-0.39, 0.29) is 11.1 Å². The Bertz CT molecular complexity index is 3760. The van der Waals surface area contributed by atoms with Crippen molar-refractivity contribution in [3.8, 4) is 44.8 Å². The second kappa shape index (κ2) is 10.9. The molecule has 12 aliphatic carbocycles. The van der Waals surface area contributed by atoms with Gasteiger partial charge in [-0.2, -0.15) is 4.52 Å². The Balaban J connectivity index is 0.996. The lowest BCUT2D eigenvalue weighted by atomic mass is 9.56. The number of nitrogens with zero attached hydrogens (tertiary/aromatic N) is 2. The minimum atomic E-state index is -0.837. The second-order valence-electron chi connectivity index (χ2n) is 23.9. The molecule has 0 N–H and O–H groups in total. The summed E-state index contributed by atoms with van der Waals surface area (Å²) in [6.07, 6.45) is 13.2. The number of benzene rings is 6. The van der Waals surface area contributed by atoms with E-state index in [2.05, 4.69) is 126 Å². The molecule has 5 fully saturated rings. The topological polar surface area (TPSA) is 43.0 Å². The summed E-state index contributed by atoms with van der Waals surface area (Å²) in [5.74, 6) is 5.54. The van der Waals surface area contributed by atoms with Crippen LogP contribution in [0.25, 0.3) is 44.8 Å². The van der Waals surface area contributed by atoms with E-state index in [4.69, 9.17) is 0 Å². The van der Waals surface area contributed by atoms with E-state index in [0.29, 0.717) is 29.1 Å². The maximum absolute atomic E-state index is 16.5. The Kier molecular flexibility index (Phi) is 5.67. The number of aromatic nitrogens is 2. The lowest BCUT2D eigenvalue weighted by Gasteiger charge is -2.48. The summed E-state index contributed by atoms with van der Waals surface area (Å²) < 4.78 is 3.88. The van der Waals surface area contributed by atoms with Crippen LogP contribution in [0.5, 0.6) is 0 Å². The number of hydrogen-bond acceptors (Lipinski definition) is 2. The van der Waals surface area contributed by atoms with Gasteiger partial charge in [0.2, 0.25) is 0 Å². The maximum atomic E-state index is 16.5. The van der Waals surface area contributed by atoms with Gasteiger partial charge in [-0.1, -0.05) is 109 Å². The highest BCUT2D eigenvalue weighted by molar-refractivity contribution is 5.98. The Labute approximate surface area is 388 Å². The van der Waals surface area contributed by atoms with Gasteiger partial charge >= 0.3 is 0 Å². The van der Waals surface area contributed by atoms with Gasteiger partial charge in [-0.25, -0.2) is 4.52 Å². The lowest BCUT2D eigenvalue weighted by molar-refractivity contribution is 0.00322. The first-order chi connectivity index (χ1) is 33.0. The molecule has 0 amide bonds. The Morgan fingerprint density at radius 1 is 0.373 bits per heavy atom. The second-order valence-corrected chi connectivity index (χ2v) is 23.9. The largest absolute Gasteiger partial charge is 0.279 e. The molecule has 7 bridgehead atoms. The minimum Gasteiger partial charge on any atom is -0.267 e. The summed E-state index contributed by atoms with van der Waals surface area (Å²) in [4.78, 5) is 33.0. The van der Waals surface area contributed by atoms with Gasteiger partial charge in [-0.3, -0.25) is 9.59 Å². The van der Waals surface area contributed by atoms with Crippen LogP contribution in [0.4, 0.5) is 0 Å². The number of hydrogen-bond donors (Lipinski definition) is 0. The first-order valence-corrected chi connectivity index (χ1v) is 25.9. The zero-order chi connectivity index (χ0) is 43.2. The van der Waals surface area contributed by atoms with Crippen molar-refractivity contribution in [1.82, 2.24) is 9.03 Å². The smallest absolute Gasteiger partial charge is 0.267 e. The van der Waals surface area contributed by atoms with Crippen molar-refractivity contribution < 1.29 is 0 Å². The molecular weight excluding hydrogens is 817 g/mol. The monoisotopic (exact) mass is 864 g/mol. The van der Waals surface area contributed by atoms with Crippen LogP contribution in [0, 0.1) is 29.1 Å². The van der Waals surface area contributed by atoms with Gasteiger partial charge in [-0.05, 0) is 207 Å². The van der Waals surface area contributed by atoms with Gasteiger partial charge in [0, 0.05) is 11.1 Å². The molecule has 0 radical (unpaired) electrons. The lowest BCUT2D eigenvalue weighted by Crippen LogP contribution is -2.41. The van der Waals surface area contributed by atoms with Gasteiger partial charge in [0.1, 0.15) is 0 Å². The fraction of sp³-hybridized carbons (Fsp3) is 0.333. The quantitative estimate of drug-likeness (QED) is 0.152. The summed E-state index contributed by atoms with van der Waals surface area (Å²) in [5.41, 5.74) is 22.5. The van der Waals surface area contributed by atoms with Gasteiger partial charge in [0.05, 0.1) is 33.3 Å². The van der Waals surface area contributed by atoms with E-state index in [1.165, 1.54) is 131 Å². The molecule has 3 spiro atoms. The summed E-state index contributed by atoms with van der Waals surface area (Å²) in [6.45, 7) is 0. The molecule has 6 aromatic carbocycles. The third-order valence-corrected chi connectivity index (χ3v) is 21.8. The van der Waals surface area contributed by atoms with Crippen molar-refractivity contribution in [1.29, 1.82) is 0 Å². The fourth-order valence-electron chi connectivity index (χ4n) is 19.9. The van der Waals surface area contributed by atoms with Crippen molar-refractivity contribution in [2.45, 2.75) is 98.7 Å². The zero-order valence-electron chi connectivity index (χ0n) is 37.4. The molecule has 4 heteroatoms. The van der Waals surface area contributed by atoms with Crippen molar-refractivity contribution in [2.24, 2.45) is 29.1 Å². The molecule has 0 aliphatic heterocycles. The van der Waals surface area contributed by atoms with Crippen LogP contribution in [0.3, 0.4) is 0 Å². The van der Waals surface area contributed by atoms with Crippen molar-refractivity contribution in [3.63, 3.8) is 0 Å². The molecule has 322 valence electrons. The van der Waals surface area contributed by atoms with Gasteiger partial charge in [0.25, 0.3) is 11.1 Å². The fourth-order valence-corrected chi connectivity index (χ4v) is 19.9. The van der Waals surface area contributed by atoms with Crippen LogP contribution < -0.4 is 11.1 Å². The molecule has 20 rings (SSSR count). The number of rotatable bonds is 0. The van der Waals surface area contributed by atoms with E-state index in [1.54, 1.807) is 21.2 Å². The van der Waals surface area contributed by atoms with Gasteiger partial charge in [-0.15, -0.1) is 0 Å². The molecule has 8 aromatic rings. The average molecular weight is 865 g/mol. The van der Waals surface area contributed by atoms with E-state index in [1.807, 2.05) is 0 Å². The molecule has 5 saturated carbocycles. The molecule has 2 aromatic heterocycles. The van der Waals surface area contributed by atoms with E-state index < -0.39 is 10.8 Å². The van der Waals surface area contributed by atoms with Crippen LogP contribution in [0.2, 0.25) is 0 Å². The molecule has 67 heavy (non-hydrogen) atoms.